The molecule has 0 heteroatoms. The van der Waals surface area contributed by atoms with Crippen molar-refractivity contribution in [3.05, 3.63) is 53.1 Å². The maximum Gasteiger partial charge on any atom is -0.0184 e. The SMILES string of the molecule is CCCC(CCC)CC1CCC=CC(c2ccc(CC)cc2)=C1C. The Bertz CT molecular complexity index is 538. The van der Waals surface area contributed by atoms with E-state index in [9.17, 15) is 0 Å². The first-order valence-electron chi connectivity index (χ1n) is 10.2. The topological polar surface area (TPSA) is 0 Å². The highest BCUT2D eigenvalue weighted by Gasteiger charge is 2.20. The minimum Gasteiger partial charge on any atom is -0.0839 e. The number of allylic oxidation sites excluding steroid dienone is 4. The minimum atomic E-state index is 0.754. The molecule has 132 valence electrons. The average molecular weight is 325 g/mol. The fourth-order valence-corrected chi connectivity index (χ4v) is 4.20. The molecule has 0 N–H and O–H groups in total. The van der Waals surface area contributed by atoms with Crippen LogP contribution in [-0.4, -0.2) is 0 Å². The second-order valence-electron chi connectivity index (χ2n) is 7.50. The largest absolute Gasteiger partial charge is 0.0839 e. The summed E-state index contributed by atoms with van der Waals surface area (Å²) in [6.45, 7) is 9.28. The van der Waals surface area contributed by atoms with Crippen LogP contribution in [0.5, 0.6) is 0 Å². The lowest BCUT2D eigenvalue weighted by Crippen LogP contribution is -2.11. The monoisotopic (exact) mass is 324 g/mol. The van der Waals surface area contributed by atoms with E-state index >= 15 is 0 Å². The van der Waals surface area contributed by atoms with E-state index in [2.05, 4.69) is 64.1 Å². The van der Waals surface area contributed by atoms with Crippen LogP contribution in [-0.2, 0) is 6.42 Å². The molecule has 2 rings (SSSR count). The van der Waals surface area contributed by atoms with Crippen molar-refractivity contribution in [1.29, 1.82) is 0 Å². The molecule has 0 aromatic heterocycles. The first kappa shape index (κ1) is 19.0. The smallest absolute Gasteiger partial charge is 0.0184 e. The molecule has 1 unspecified atom stereocenters. The Morgan fingerprint density at radius 3 is 2.25 bits per heavy atom. The third kappa shape index (κ3) is 5.10. The molecule has 0 radical (unpaired) electrons. The Morgan fingerprint density at radius 2 is 1.67 bits per heavy atom. The van der Waals surface area contributed by atoms with Gasteiger partial charge < -0.3 is 0 Å². The summed E-state index contributed by atoms with van der Waals surface area (Å²) < 4.78 is 0. The number of hydrogen-bond donors (Lipinski definition) is 0. The van der Waals surface area contributed by atoms with Crippen LogP contribution < -0.4 is 0 Å². The Labute approximate surface area is 150 Å². The fraction of sp³-hybridized carbons (Fsp3) is 0.583. The fourth-order valence-electron chi connectivity index (χ4n) is 4.20. The summed E-state index contributed by atoms with van der Waals surface area (Å²) in [6.07, 6.45) is 15.3. The van der Waals surface area contributed by atoms with E-state index in [-0.39, 0.29) is 0 Å². The lowest BCUT2D eigenvalue weighted by Gasteiger charge is -2.24. The van der Waals surface area contributed by atoms with Crippen molar-refractivity contribution >= 4 is 5.57 Å². The molecule has 24 heavy (non-hydrogen) atoms. The van der Waals surface area contributed by atoms with E-state index in [1.165, 1.54) is 61.6 Å². The Kier molecular flexibility index (Phi) is 7.82. The van der Waals surface area contributed by atoms with Crippen LogP contribution in [0, 0.1) is 11.8 Å². The van der Waals surface area contributed by atoms with E-state index in [1.54, 1.807) is 5.57 Å². The molecule has 1 aliphatic carbocycles. The summed E-state index contributed by atoms with van der Waals surface area (Å²) in [5.41, 5.74) is 5.92. The highest BCUT2D eigenvalue weighted by Crippen LogP contribution is 2.36. The summed E-state index contributed by atoms with van der Waals surface area (Å²) in [5.74, 6) is 1.66. The molecular weight excluding hydrogens is 288 g/mol. The van der Waals surface area contributed by atoms with Crippen molar-refractivity contribution in [2.24, 2.45) is 11.8 Å². The van der Waals surface area contributed by atoms with Crippen LogP contribution >= 0.6 is 0 Å². The van der Waals surface area contributed by atoms with Gasteiger partial charge in [0.2, 0.25) is 0 Å². The van der Waals surface area contributed by atoms with Crippen molar-refractivity contribution < 1.29 is 0 Å². The van der Waals surface area contributed by atoms with E-state index in [0.717, 1.165) is 18.3 Å². The second-order valence-corrected chi connectivity index (χ2v) is 7.50. The maximum atomic E-state index is 2.39. The van der Waals surface area contributed by atoms with Gasteiger partial charge in [-0.25, -0.2) is 0 Å². The maximum absolute atomic E-state index is 2.39. The molecule has 0 amide bonds. The third-order valence-corrected chi connectivity index (χ3v) is 5.69. The first-order chi connectivity index (χ1) is 11.7. The molecule has 0 saturated carbocycles. The van der Waals surface area contributed by atoms with Gasteiger partial charge in [0.25, 0.3) is 0 Å². The van der Waals surface area contributed by atoms with Gasteiger partial charge in [-0.05, 0) is 61.1 Å². The van der Waals surface area contributed by atoms with Crippen molar-refractivity contribution in [3.63, 3.8) is 0 Å². The zero-order valence-corrected chi connectivity index (χ0v) is 16.3. The van der Waals surface area contributed by atoms with Crippen molar-refractivity contribution in [2.75, 3.05) is 0 Å². The molecule has 1 aliphatic rings. The zero-order chi connectivity index (χ0) is 17.4. The van der Waals surface area contributed by atoms with Crippen molar-refractivity contribution in [1.82, 2.24) is 0 Å². The lowest BCUT2D eigenvalue weighted by atomic mass is 9.81. The van der Waals surface area contributed by atoms with Crippen molar-refractivity contribution in [3.8, 4) is 0 Å². The first-order valence-corrected chi connectivity index (χ1v) is 10.2. The molecule has 0 bridgehead atoms. The molecule has 0 spiro atoms. The van der Waals surface area contributed by atoms with Gasteiger partial charge in [-0.3, -0.25) is 0 Å². The van der Waals surface area contributed by atoms with Gasteiger partial charge in [0.15, 0.2) is 0 Å². The third-order valence-electron chi connectivity index (χ3n) is 5.69. The standard InChI is InChI=1S/C24H36/c1-5-10-21(11-6-2)18-23-12-8-9-13-24(19(23)4)22-16-14-20(7-3)15-17-22/h9,13-17,21,23H,5-8,10-12,18H2,1-4H3. The van der Waals surface area contributed by atoms with E-state index in [1.807, 2.05) is 0 Å². The highest BCUT2D eigenvalue weighted by atomic mass is 14.3. The summed E-state index contributed by atoms with van der Waals surface area (Å²) >= 11 is 0. The Balaban J connectivity index is 2.23. The second kappa shape index (κ2) is 9.87. The summed E-state index contributed by atoms with van der Waals surface area (Å²) in [5, 5.41) is 0. The minimum absolute atomic E-state index is 0.754. The molecule has 1 aromatic carbocycles. The Morgan fingerprint density at radius 1 is 1.00 bits per heavy atom. The van der Waals surface area contributed by atoms with E-state index in [0.29, 0.717) is 0 Å². The van der Waals surface area contributed by atoms with Crippen LogP contribution in [0.2, 0.25) is 0 Å². The van der Waals surface area contributed by atoms with Crippen LogP contribution in [0.15, 0.2) is 42.0 Å². The molecule has 0 saturated heterocycles. The van der Waals surface area contributed by atoms with E-state index < -0.39 is 0 Å². The summed E-state index contributed by atoms with van der Waals surface area (Å²) in [7, 11) is 0. The highest BCUT2D eigenvalue weighted by molar-refractivity contribution is 5.77. The average Bonchev–Trinajstić information content (AvgIpc) is 2.78. The molecule has 0 fully saturated rings. The van der Waals surface area contributed by atoms with Gasteiger partial charge in [0.05, 0.1) is 0 Å². The van der Waals surface area contributed by atoms with Gasteiger partial charge in [0.1, 0.15) is 0 Å². The number of rotatable bonds is 8. The van der Waals surface area contributed by atoms with Gasteiger partial charge in [0, 0.05) is 0 Å². The van der Waals surface area contributed by atoms with Crippen LogP contribution in [0.3, 0.4) is 0 Å². The lowest BCUT2D eigenvalue weighted by molar-refractivity contribution is 0.346. The summed E-state index contributed by atoms with van der Waals surface area (Å²) in [6, 6.07) is 9.22. The molecule has 1 aromatic rings. The number of aryl methyl sites for hydroxylation is 1. The Hall–Kier alpha value is -1.30. The van der Waals surface area contributed by atoms with Gasteiger partial charge in [-0.1, -0.05) is 88.4 Å². The predicted octanol–water partition coefficient (Wildman–Crippen LogP) is 7.60. The molecule has 1 atom stereocenters. The van der Waals surface area contributed by atoms with Crippen LogP contribution in [0.4, 0.5) is 0 Å². The molecule has 0 aliphatic heterocycles. The predicted molar refractivity (Wildman–Crippen MR) is 108 cm³/mol. The quantitative estimate of drug-likeness (QED) is 0.462. The van der Waals surface area contributed by atoms with E-state index in [4.69, 9.17) is 0 Å². The van der Waals surface area contributed by atoms with Gasteiger partial charge >= 0.3 is 0 Å². The normalized spacial score (nSPS) is 18.3. The van der Waals surface area contributed by atoms with Crippen molar-refractivity contribution in [2.45, 2.75) is 79.1 Å². The van der Waals surface area contributed by atoms with Crippen LogP contribution in [0.1, 0.15) is 83.8 Å². The number of benzene rings is 1. The van der Waals surface area contributed by atoms with Gasteiger partial charge in [-0.15, -0.1) is 0 Å². The van der Waals surface area contributed by atoms with Gasteiger partial charge in [-0.2, -0.15) is 0 Å². The summed E-state index contributed by atoms with van der Waals surface area (Å²) in [4.78, 5) is 0. The zero-order valence-electron chi connectivity index (χ0n) is 16.3. The molecule has 0 nitrogen and oxygen atoms in total. The van der Waals surface area contributed by atoms with Crippen LogP contribution in [0.25, 0.3) is 5.57 Å². The molecular formula is C24H36. The number of hydrogen-bond acceptors (Lipinski definition) is 0. The molecule has 0 heterocycles.